The highest BCUT2D eigenvalue weighted by atomic mass is 16.5. The van der Waals surface area contributed by atoms with Gasteiger partial charge < -0.3 is 15.4 Å². The molecule has 1 aromatic heterocycles. The molecule has 0 radical (unpaired) electrons. The summed E-state index contributed by atoms with van der Waals surface area (Å²) in [5, 5.41) is 13.2. The fraction of sp³-hybridized carbons (Fsp3) is 0.227. The van der Waals surface area contributed by atoms with Gasteiger partial charge in [0, 0.05) is 35.2 Å². The molecule has 7 nitrogen and oxygen atoms in total. The van der Waals surface area contributed by atoms with Crippen LogP contribution in [0.2, 0.25) is 0 Å². The number of carbonyl (C=O) groups excluding carboxylic acids is 2. The number of ether oxygens (including phenoxy) is 1. The zero-order chi connectivity index (χ0) is 20.1. The number of amides is 2. The van der Waals surface area contributed by atoms with Crippen molar-refractivity contribution in [3.05, 3.63) is 58.8 Å². The molecule has 0 fully saturated rings. The van der Waals surface area contributed by atoms with E-state index in [1.807, 2.05) is 6.07 Å². The minimum Gasteiger partial charge on any atom is -0.482 e. The van der Waals surface area contributed by atoms with E-state index in [2.05, 4.69) is 52.9 Å². The topological polar surface area (TPSA) is 96.1 Å². The van der Waals surface area contributed by atoms with E-state index in [9.17, 15) is 9.59 Å². The SMILES string of the molecule is Cc1ccc(C)c(-c2[nH]ncc2[C@@H]2CC(=O)Nc3cc4c(cc32)NC(=O)CO4)c1. The van der Waals surface area contributed by atoms with E-state index in [-0.39, 0.29) is 24.3 Å². The molecule has 3 heterocycles. The van der Waals surface area contributed by atoms with Crippen LogP contribution in [-0.2, 0) is 9.59 Å². The minimum absolute atomic E-state index is 0.0261. The number of anilines is 2. The van der Waals surface area contributed by atoms with Crippen LogP contribution in [0.4, 0.5) is 11.4 Å². The van der Waals surface area contributed by atoms with Crippen molar-refractivity contribution in [3.63, 3.8) is 0 Å². The minimum atomic E-state index is -0.187. The van der Waals surface area contributed by atoms with Crippen LogP contribution in [0, 0.1) is 13.8 Å². The van der Waals surface area contributed by atoms with Crippen LogP contribution in [0.15, 0.2) is 36.5 Å². The highest BCUT2D eigenvalue weighted by Gasteiger charge is 2.32. The molecule has 5 rings (SSSR count). The number of aromatic nitrogens is 2. The molecule has 29 heavy (non-hydrogen) atoms. The van der Waals surface area contributed by atoms with Crippen LogP contribution in [0.3, 0.4) is 0 Å². The van der Waals surface area contributed by atoms with Gasteiger partial charge in [0.1, 0.15) is 5.75 Å². The molecule has 0 bridgehead atoms. The lowest BCUT2D eigenvalue weighted by atomic mass is 9.83. The van der Waals surface area contributed by atoms with Gasteiger partial charge in [0.05, 0.1) is 17.6 Å². The van der Waals surface area contributed by atoms with Gasteiger partial charge in [0.25, 0.3) is 5.91 Å². The molecular formula is C22H20N4O3. The summed E-state index contributed by atoms with van der Waals surface area (Å²) in [5.41, 5.74) is 7.48. The largest absolute Gasteiger partial charge is 0.482 e. The van der Waals surface area contributed by atoms with Gasteiger partial charge in [-0.25, -0.2) is 0 Å². The van der Waals surface area contributed by atoms with Crippen molar-refractivity contribution in [1.29, 1.82) is 0 Å². The average Bonchev–Trinajstić information content (AvgIpc) is 3.17. The highest BCUT2D eigenvalue weighted by molar-refractivity contribution is 6.00. The van der Waals surface area contributed by atoms with E-state index in [0.29, 0.717) is 23.5 Å². The second-order valence-corrected chi connectivity index (χ2v) is 7.60. The molecule has 2 amide bonds. The Kier molecular flexibility index (Phi) is 3.91. The summed E-state index contributed by atoms with van der Waals surface area (Å²) >= 11 is 0. The first kappa shape index (κ1) is 17.5. The normalized spacial score (nSPS) is 17.7. The third-order valence-electron chi connectivity index (χ3n) is 5.53. The molecule has 1 atom stereocenters. The Morgan fingerprint density at radius 1 is 1.00 bits per heavy atom. The van der Waals surface area contributed by atoms with Crippen LogP contribution in [0.5, 0.6) is 5.75 Å². The third kappa shape index (κ3) is 2.95. The number of fused-ring (bicyclic) bond motifs is 2. The molecule has 0 saturated carbocycles. The molecule has 0 spiro atoms. The van der Waals surface area contributed by atoms with Crippen LogP contribution in [0.1, 0.15) is 34.6 Å². The molecule has 2 aliphatic rings. The smallest absolute Gasteiger partial charge is 0.262 e. The maximum Gasteiger partial charge on any atom is 0.262 e. The van der Waals surface area contributed by atoms with Crippen molar-refractivity contribution in [2.75, 3.05) is 17.2 Å². The Balaban J connectivity index is 1.65. The molecule has 2 aromatic carbocycles. The van der Waals surface area contributed by atoms with Crippen molar-refractivity contribution in [1.82, 2.24) is 10.2 Å². The van der Waals surface area contributed by atoms with Crippen molar-refractivity contribution in [2.24, 2.45) is 0 Å². The van der Waals surface area contributed by atoms with E-state index in [1.54, 1.807) is 12.3 Å². The van der Waals surface area contributed by atoms with Gasteiger partial charge in [0.2, 0.25) is 5.91 Å². The van der Waals surface area contributed by atoms with Gasteiger partial charge >= 0.3 is 0 Å². The first-order valence-electron chi connectivity index (χ1n) is 9.51. The summed E-state index contributed by atoms with van der Waals surface area (Å²) < 4.78 is 5.50. The summed E-state index contributed by atoms with van der Waals surface area (Å²) in [6.07, 6.45) is 2.09. The Morgan fingerprint density at radius 2 is 1.83 bits per heavy atom. The Labute approximate surface area is 167 Å². The second-order valence-electron chi connectivity index (χ2n) is 7.60. The van der Waals surface area contributed by atoms with Gasteiger partial charge in [-0.3, -0.25) is 14.7 Å². The van der Waals surface area contributed by atoms with E-state index < -0.39 is 0 Å². The second kappa shape index (κ2) is 6.48. The van der Waals surface area contributed by atoms with Gasteiger partial charge in [-0.15, -0.1) is 0 Å². The summed E-state index contributed by atoms with van der Waals surface area (Å²) in [7, 11) is 0. The maximum absolute atomic E-state index is 12.5. The summed E-state index contributed by atoms with van der Waals surface area (Å²) in [6, 6.07) is 9.96. The lowest BCUT2D eigenvalue weighted by molar-refractivity contribution is -0.119. The zero-order valence-electron chi connectivity index (χ0n) is 16.1. The Hall–Kier alpha value is -3.61. The number of aryl methyl sites for hydroxylation is 2. The molecule has 146 valence electrons. The fourth-order valence-electron chi connectivity index (χ4n) is 4.09. The number of carbonyl (C=O) groups is 2. The molecular weight excluding hydrogens is 368 g/mol. The lowest BCUT2D eigenvalue weighted by Gasteiger charge is -2.29. The highest BCUT2D eigenvalue weighted by Crippen LogP contribution is 2.45. The molecule has 3 N–H and O–H groups in total. The van der Waals surface area contributed by atoms with Crippen molar-refractivity contribution >= 4 is 23.2 Å². The van der Waals surface area contributed by atoms with E-state index in [0.717, 1.165) is 33.5 Å². The number of hydrogen-bond acceptors (Lipinski definition) is 4. The predicted molar refractivity (Wildman–Crippen MR) is 109 cm³/mol. The van der Waals surface area contributed by atoms with Crippen LogP contribution in [-0.4, -0.2) is 28.6 Å². The summed E-state index contributed by atoms with van der Waals surface area (Å²) in [4.78, 5) is 24.2. The van der Waals surface area contributed by atoms with Gasteiger partial charge in [-0.05, 0) is 37.1 Å². The monoisotopic (exact) mass is 388 g/mol. The van der Waals surface area contributed by atoms with Crippen molar-refractivity contribution in [3.8, 4) is 17.0 Å². The van der Waals surface area contributed by atoms with E-state index in [4.69, 9.17) is 4.74 Å². The van der Waals surface area contributed by atoms with Crippen molar-refractivity contribution in [2.45, 2.75) is 26.2 Å². The molecule has 0 unspecified atom stereocenters. The number of nitrogens with one attached hydrogen (secondary N) is 3. The summed E-state index contributed by atoms with van der Waals surface area (Å²) in [5.74, 6) is 0.131. The molecule has 0 aliphatic carbocycles. The number of nitrogens with zero attached hydrogens (tertiary/aromatic N) is 1. The number of H-pyrrole nitrogens is 1. The number of aromatic amines is 1. The number of rotatable bonds is 2. The van der Waals surface area contributed by atoms with E-state index in [1.165, 1.54) is 0 Å². The summed E-state index contributed by atoms with van der Waals surface area (Å²) in [6.45, 7) is 4.09. The van der Waals surface area contributed by atoms with Gasteiger partial charge in [-0.1, -0.05) is 17.7 Å². The number of benzene rings is 2. The first-order valence-corrected chi connectivity index (χ1v) is 9.51. The van der Waals surface area contributed by atoms with E-state index >= 15 is 0 Å². The molecule has 0 saturated heterocycles. The third-order valence-corrected chi connectivity index (χ3v) is 5.53. The Morgan fingerprint density at radius 3 is 2.69 bits per heavy atom. The van der Waals surface area contributed by atoms with Gasteiger partial charge in [-0.2, -0.15) is 5.10 Å². The van der Waals surface area contributed by atoms with Crippen molar-refractivity contribution < 1.29 is 14.3 Å². The first-order chi connectivity index (χ1) is 14.0. The average molecular weight is 388 g/mol. The zero-order valence-corrected chi connectivity index (χ0v) is 16.1. The Bertz CT molecular complexity index is 1160. The number of hydrogen-bond donors (Lipinski definition) is 3. The maximum atomic E-state index is 12.5. The molecule has 3 aromatic rings. The lowest BCUT2D eigenvalue weighted by Crippen LogP contribution is -2.28. The quantitative estimate of drug-likeness (QED) is 0.626. The van der Waals surface area contributed by atoms with Crippen LogP contribution < -0.4 is 15.4 Å². The van der Waals surface area contributed by atoms with Crippen LogP contribution in [0.25, 0.3) is 11.3 Å². The predicted octanol–water partition coefficient (Wildman–Crippen LogP) is 3.50. The molecule has 7 heteroatoms. The standard InChI is InChI=1S/C22H20N4O3/c1-11-3-4-12(2)13(5-11)22-16(9-23-26-22)14-7-20(27)24-17-8-19-18(6-15(14)17)25-21(28)10-29-19/h3-6,8-9,14H,7,10H2,1-2H3,(H,23,26)(H,24,27)(H,25,28)/t14-/m1/s1. The van der Waals surface area contributed by atoms with Crippen LogP contribution >= 0.6 is 0 Å². The fourth-order valence-corrected chi connectivity index (χ4v) is 4.09. The van der Waals surface area contributed by atoms with Gasteiger partial charge in [0.15, 0.2) is 6.61 Å². The molecule has 2 aliphatic heterocycles.